The number of hydrogen-bond acceptors (Lipinski definition) is 4. The molecule has 2 aromatic carbocycles. The van der Waals surface area contributed by atoms with Crippen LogP contribution in [0.4, 0.5) is 5.69 Å². The van der Waals surface area contributed by atoms with Crippen LogP contribution in [0.3, 0.4) is 0 Å². The van der Waals surface area contributed by atoms with E-state index in [1.54, 1.807) is 32.3 Å². The number of rotatable bonds is 5. The van der Waals surface area contributed by atoms with Crippen molar-refractivity contribution in [2.45, 2.75) is 12.3 Å². The molecule has 5 nitrogen and oxygen atoms in total. The van der Waals surface area contributed by atoms with Crippen LogP contribution in [0.25, 0.3) is 0 Å². The molecule has 0 N–H and O–H groups in total. The van der Waals surface area contributed by atoms with Crippen LogP contribution < -0.4 is 19.1 Å². The molecule has 2 aromatic rings. The highest BCUT2D eigenvalue weighted by atomic mass is 16.5. The van der Waals surface area contributed by atoms with Crippen molar-refractivity contribution in [1.29, 1.82) is 0 Å². The number of nitrogens with zero attached hydrogens (tertiary/aromatic N) is 1. The van der Waals surface area contributed by atoms with Crippen LogP contribution in [0.15, 0.2) is 36.4 Å². The Morgan fingerprint density at radius 1 is 0.958 bits per heavy atom. The normalized spacial score (nSPS) is 16.1. The lowest BCUT2D eigenvalue weighted by molar-refractivity contribution is -0.119. The zero-order chi connectivity index (χ0) is 17.3. The molecule has 0 unspecified atom stereocenters. The molecule has 0 saturated heterocycles. The molecule has 0 fully saturated rings. The molecule has 0 aliphatic carbocycles. The predicted octanol–water partition coefficient (Wildman–Crippen LogP) is 3.02. The van der Waals surface area contributed by atoms with Crippen molar-refractivity contribution >= 4 is 11.6 Å². The number of likely N-dealkylation sites (N-methyl/N-ethyl adjacent to an activating group) is 1. The van der Waals surface area contributed by atoms with Gasteiger partial charge in [0.15, 0.2) is 11.5 Å². The second-order valence-corrected chi connectivity index (χ2v) is 5.73. The van der Waals surface area contributed by atoms with Crippen LogP contribution in [0, 0.1) is 0 Å². The van der Waals surface area contributed by atoms with Crippen LogP contribution in [0.2, 0.25) is 0 Å². The van der Waals surface area contributed by atoms with Crippen LogP contribution in [-0.2, 0) is 11.2 Å². The Morgan fingerprint density at radius 2 is 1.58 bits per heavy atom. The van der Waals surface area contributed by atoms with Gasteiger partial charge in [0.05, 0.1) is 27.2 Å². The quantitative estimate of drug-likeness (QED) is 0.847. The predicted molar refractivity (Wildman–Crippen MR) is 92.4 cm³/mol. The first kappa shape index (κ1) is 16.2. The maximum absolute atomic E-state index is 12.7. The topological polar surface area (TPSA) is 48.0 Å². The molecule has 0 aromatic heterocycles. The number of methoxy groups -OCH3 is 3. The summed E-state index contributed by atoms with van der Waals surface area (Å²) in [4.78, 5) is 14.4. The minimum Gasteiger partial charge on any atom is -0.496 e. The van der Waals surface area contributed by atoms with E-state index in [-0.39, 0.29) is 11.8 Å². The van der Waals surface area contributed by atoms with Gasteiger partial charge in [0, 0.05) is 18.8 Å². The van der Waals surface area contributed by atoms with Crippen molar-refractivity contribution in [3.8, 4) is 17.2 Å². The molecule has 1 amide bonds. The zero-order valence-corrected chi connectivity index (χ0v) is 14.3. The van der Waals surface area contributed by atoms with Gasteiger partial charge in [0.1, 0.15) is 5.75 Å². The Balaban J connectivity index is 2.01. The van der Waals surface area contributed by atoms with E-state index < -0.39 is 0 Å². The van der Waals surface area contributed by atoms with Gasteiger partial charge < -0.3 is 19.1 Å². The molecule has 1 aliphatic heterocycles. The monoisotopic (exact) mass is 327 g/mol. The fourth-order valence-corrected chi connectivity index (χ4v) is 3.24. The van der Waals surface area contributed by atoms with Crippen molar-refractivity contribution < 1.29 is 19.0 Å². The summed E-state index contributed by atoms with van der Waals surface area (Å²) >= 11 is 0. The third kappa shape index (κ3) is 2.56. The number of hydrogen-bond donors (Lipinski definition) is 0. The van der Waals surface area contributed by atoms with E-state index in [0.717, 1.165) is 16.8 Å². The molecule has 1 atom stereocenters. The van der Waals surface area contributed by atoms with E-state index in [0.29, 0.717) is 23.7 Å². The summed E-state index contributed by atoms with van der Waals surface area (Å²) < 4.78 is 16.2. The molecule has 0 bridgehead atoms. The first-order valence-electron chi connectivity index (χ1n) is 7.76. The van der Waals surface area contributed by atoms with E-state index in [1.807, 2.05) is 37.4 Å². The molecule has 0 saturated carbocycles. The lowest BCUT2D eigenvalue weighted by Crippen LogP contribution is -2.25. The van der Waals surface area contributed by atoms with Gasteiger partial charge in [0.2, 0.25) is 5.91 Å². The summed E-state index contributed by atoms with van der Waals surface area (Å²) in [6.45, 7) is 0. The number of carbonyl (C=O) groups is 1. The van der Waals surface area contributed by atoms with Crippen LogP contribution in [0.1, 0.15) is 17.0 Å². The molecule has 5 heteroatoms. The standard InChI is InChI=1S/C19H21NO4/c1-20-15-8-6-5-7-13(15)14(19(20)21)9-12-10-17(23-3)18(24-4)11-16(12)22-2/h5-8,10-11,14H,9H2,1-4H3/t14-/m0/s1. The third-order valence-electron chi connectivity index (χ3n) is 4.51. The summed E-state index contributed by atoms with van der Waals surface area (Å²) in [5.74, 6) is 1.78. The molecule has 0 spiro atoms. The number of fused-ring (bicyclic) bond motifs is 1. The lowest BCUT2D eigenvalue weighted by atomic mass is 9.92. The Bertz CT molecular complexity index is 772. The van der Waals surface area contributed by atoms with Crippen molar-refractivity contribution in [3.05, 3.63) is 47.5 Å². The Kier molecular flexibility index (Phi) is 4.34. The zero-order valence-electron chi connectivity index (χ0n) is 14.3. The third-order valence-corrected chi connectivity index (χ3v) is 4.51. The van der Waals surface area contributed by atoms with Gasteiger partial charge >= 0.3 is 0 Å². The molecule has 24 heavy (non-hydrogen) atoms. The fourth-order valence-electron chi connectivity index (χ4n) is 3.24. The van der Waals surface area contributed by atoms with E-state index in [9.17, 15) is 4.79 Å². The Labute approximate surface area is 141 Å². The minimum atomic E-state index is -0.224. The second-order valence-electron chi connectivity index (χ2n) is 5.73. The van der Waals surface area contributed by atoms with Crippen LogP contribution >= 0.6 is 0 Å². The number of para-hydroxylation sites is 1. The van der Waals surface area contributed by atoms with Gasteiger partial charge in [-0.1, -0.05) is 18.2 Å². The number of ether oxygens (including phenoxy) is 3. The lowest BCUT2D eigenvalue weighted by Gasteiger charge is -2.16. The first-order valence-corrected chi connectivity index (χ1v) is 7.76. The van der Waals surface area contributed by atoms with Crippen molar-refractivity contribution in [2.24, 2.45) is 0 Å². The number of anilines is 1. The molecule has 126 valence electrons. The highest BCUT2D eigenvalue weighted by Gasteiger charge is 2.35. The molecular formula is C19H21NO4. The average Bonchev–Trinajstić information content (AvgIpc) is 2.86. The summed E-state index contributed by atoms with van der Waals surface area (Å²) in [5, 5.41) is 0. The average molecular weight is 327 g/mol. The van der Waals surface area contributed by atoms with Crippen molar-refractivity contribution in [3.63, 3.8) is 0 Å². The molecule has 1 heterocycles. The van der Waals surface area contributed by atoms with Gasteiger partial charge in [-0.2, -0.15) is 0 Å². The SMILES string of the molecule is COc1cc(OC)c(OC)cc1C[C@@H]1C(=O)N(C)c2ccccc21. The van der Waals surface area contributed by atoms with Gasteiger partial charge in [-0.05, 0) is 29.7 Å². The maximum atomic E-state index is 12.7. The summed E-state index contributed by atoms with van der Waals surface area (Å²) in [6, 6.07) is 11.6. The van der Waals surface area contributed by atoms with Crippen molar-refractivity contribution in [2.75, 3.05) is 33.3 Å². The summed E-state index contributed by atoms with van der Waals surface area (Å²) in [7, 11) is 6.61. The maximum Gasteiger partial charge on any atom is 0.234 e. The van der Waals surface area contributed by atoms with Crippen molar-refractivity contribution in [1.82, 2.24) is 0 Å². The number of amides is 1. The smallest absolute Gasteiger partial charge is 0.234 e. The molecule has 0 radical (unpaired) electrons. The summed E-state index contributed by atoms with van der Waals surface area (Å²) in [5.41, 5.74) is 2.92. The first-order chi connectivity index (χ1) is 11.6. The Hall–Kier alpha value is -2.69. The van der Waals surface area contributed by atoms with E-state index in [1.165, 1.54) is 0 Å². The molecular weight excluding hydrogens is 306 g/mol. The number of carbonyl (C=O) groups excluding carboxylic acids is 1. The highest BCUT2D eigenvalue weighted by molar-refractivity contribution is 6.04. The summed E-state index contributed by atoms with van der Waals surface area (Å²) in [6.07, 6.45) is 0.545. The van der Waals surface area contributed by atoms with Gasteiger partial charge in [-0.15, -0.1) is 0 Å². The Morgan fingerprint density at radius 3 is 2.25 bits per heavy atom. The largest absolute Gasteiger partial charge is 0.496 e. The van der Waals surface area contributed by atoms with Gasteiger partial charge in [0.25, 0.3) is 0 Å². The van der Waals surface area contributed by atoms with E-state index in [2.05, 4.69) is 0 Å². The molecule has 1 aliphatic rings. The van der Waals surface area contributed by atoms with Crippen LogP contribution in [0.5, 0.6) is 17.2 Å². The molecule has 3 rings (SSSR count). The van der Waals surface area contributed by atoms with E-state index in [4.69, 9.17) is 14.2 Å². The minimum absolute atomic E-state index is 0.0908. The van der Waals surface area contributed by atoms with Crippen LogP contribution in [-0.4, -0.2) is 34.3 Å². The second kappa shape index (κ2) is 6.43. The number of benzene rings is 2. The fraction of sp³-hybridized carbons (Fsp3) is 0.316. The van der Waals surface area contributed by atoms with Gasteiger partial charge in [-0.25, -0.2) is 0 Å². The highest BCUT2D eigenvalue weighted by Crippen LogP contribution is 2.41. The van der Waals surface area contributed by atoms with Gasteiger partial charge in [-0.3, -0.25) is 4.79 Å². The van der Waals surface area contributed by atoms with E-state index >= 15 is 0 Å².